The van der Waals surface area contributed by atoms with Gasteiger partial charge in [-0.2, -0.15) is 13.2 Å². The lowest BCUT2D eigenvalue weighted by atomic mass is 10.1. The fourth-order valence-corrected chi connectivity index (χ4v) is 3.52. The number of sulfone groups is 1. The third-order valence-electron chi connectivity index (χ3n) is 3.13. The van der Waals surface area contributed by atoms with Crippen molar-refractivity contribution >= 4 is 9.84 Å². The van der Waals surface area contributed by atoms with E-state index in [0.29, 0.717) is 6.42 Å². The average Bonchev–Trinajstić information content (AvgIpc) is 2.37. The maximum absolute atomic E-state index is 12.6. The van der Waals surface area contributed by atoms with Gasteiger partial charge in [0.05, 0.1) is 17.1 Å². The Morgan fingerprint density at radius 1 is 1.24 bits per heavy atom. The summed E-state index contributed by atoms with van der Waals surface area (Å²) in [6.45, 7) is 1.96. The zero-order valence-electron chi connectivity index (χ0n) is 11.9. The van der Waals surface area contributed by atoms with Crippen molar-refractivity contribution in [3.63, 3.8) is 0 Å². The molecule has 120 valence electrons. The lowest BCUT2D eigenvalue weighted by Crippen LogP contribution is -2.24. The average molecular weight is 323 g/mol. The summed E-state index contributed by atoms with van der Waals surface area (Å²) in [6.07, 6.45) is -2.21. The van der Waals surface area contributed by atoms with Gasteiger partial charge in [0, 0.05) is 6.04 Å². The fourth-order valence-electron chi connectivity index (χ4n) is 1.97. The molecule has 0 heterocycles. The van der Waals surface area contributed by atoms with Gasteiger partial charge in [-0.05, 0) is 24.1 Å². The SMILES string of the molecule is CCCCCS(=O)(=O)CC(N)c1cccc(C(F)(F)F)c1. The highest BCUT2D eigenvalue weighted by Gasteiger charge is 2.31. The van der Waals surface area contributed by atoms with E-state index < -0.39 is 27.6 Å². The molecule has 2 N–H and O–H groups in total. The van der Waals surface area contributed by atoms with Crippen LogP contribution in [0.15, 0.2) is 24.3 Å². The Bertz CT molecular complexity index is 556. The van der Waals surface area contributed by atoms with E-state index in [1.165, 1.54) is 12.1 Å². The van der Waals surface area contributed by atoms with E-state index in [1.807, 2.05) is 6.92 Å². The van der Waals surface area contributed by atoms with Crippen molar-refractivity contribution < 1.29 is 21.6 Å². The van der Waals surface area contributed by atoms with Crippen molar-refractivity contribution in [3.8, 4) is 0 Å². The summed E-state index contributed by atoms with van der Waals surface area (Å²) < 4.78 is 61.6. The van der Waals surface area contributed by atoms with Gasteiger partial charge in [0.1, 0.15) is 0 Å². The van der Waals surface area contributed by atoms with Gasteiger partial charge in [0.15, 0.2) is 9.84 Å². The van der Waals surface area contributed by atoms with Crippen LogP contribution in [0.3, 0.4) is 0 Å². The molecule has 1 atom stereocenters. The van der Waals surface area contributed by atoms with Crippen LogP contribution in [-0.4, -0.2) is 19.9 Å². The molecule has 21 heavy (non-hydrogen) atoms. The topological polar surface area (TPSA) is 60.2 Å². The lowest BCUT2D eigenvalue weighted by Gasteiger charge is -2.15. The van der Waals surface area contributed by atoms with E-state index in [2.05, 4.69) is 0 Å². The zero-order chi connectivity index (χ0) is 16.1. The van der Waals surface area contributed by atoms with Crippen molar-refractivity contribution in [3.05, 3.63) is 35.4 Å². The third kappa shape index (κ3) is 6.05. The summed E-state index contributed by atoms with van der Waals surface area (Å²) in [7, 11) is -3.36. The molecule has 0 aliphatic carbocycles. The van der Waals surface area contributed by atoms with Crippen LogP contribution in [-0.2, 0) is 16.0 Å². The number of hydrogen-bond donors (Lipinski definition) is 1. The minimum absolute atomic E-state index is 0.0213. The van der Waals surface area contributed by atoms with Gasteiger partial charge in [0.25, 0.3) is 0 Å². The van der Waals surface area contributed by atoms with E-state index in [0.717, 1.165) is 25.0 Å². The Morgan fingerprint density at radius 3 is 2.48 bits per heavy atom. The highest BCUT2D eigenvalue weighted by Crippen LogP contribution is 2.30. The van der Waals surface area contributed by atoms with Gasteiger partial charge >= 0.3 is 6.18 Å². The third-order valence-corrected chi connectivity index (χ3v) is 4.91. The lowest BCUT2D eigenvalue weighted by molar-refractivity contribution is -0.137. The van der Waals surface area contributed by atoms with Crippen LogP contribution in [0.25, 0.3) is 0 Å². The van der Waals surface area contributed by atoms with Crippen LogP contribution in [0.1, 0.15) is 43.4 Å². The predicted octanol–water partition coefficient (Wildman–Crippen LogP) is 3.31. The highest BCUT2D eigenvalue weighted by atomic mass is 32.2. The Balaban J connectivity index is 2.78. The number of hydrogen-bond acceptors (Lipinski definition) is 3. The second-order valence-electron chi connectivity index (χ2n) is 5.05. The normalized spacial score (nSPS) is 14.1. The first-order valence-corrected chi connectivity index (χ1v) is 8.61. The van der Waals surface area contributed by atoms with Crippen molar-refractivity contribution in [2.24, 2.45) is 5.73 Å². The van der Waals surface area contributed by atoms with Crippen LogP contribution in [0.5, 0.6) is 0 Å². The fraction of sp³-hybridized carbons (Fsp3) is 0.571. The molecule has 0 amide bonds. The molecule has 3 nitrogen and oxygen atoms in total. The van der Waals surface area contributed by atoms with Crippen LogP contribution >= 0.6 is 0 Å². The van der Waals surface area contributed by atoms with Crippen molar-refractivity contribution in [1.82, 2.24) is 0 Å². The van der Waals surface area contributed by atoms with Crippen LogP contribution in [0, 0.1) is 0 Å². The molecule has 0 aliphatic rings. The largest absolute Gasteiger partial charge is 0.416 e. The molecular formula is C14H20F3NO2S. The molecule has 1 aromatic carbocycles. The van der Waals surface area contributed by atoms with Gasteiger partial charge in [-0.25, -0.2) is 8.42 Å². The molecule has 0 bridgehead atoms. The molecule has 0 spiro atoms. The zero-order valence-corrected chi connectivity index (χ0v) is 12.7. The maximum Gasteiger partial charge on any atom is 0.416 e. The smallest absolute Gasteiger partial charge is 0.323 e. The van der Waals surface area contributed by atoms with E-state index in [4.69, 9.17) is 5.73 Å². The standard InChI is InChI=1S/C14H20F3NO2S/c1-2-3-4-8-21(19,20)10-13(18)11-6-5-7-12(9-11)14(15,16)17/h5-7,9,13H,2-4,8,10,18H2,1H3. The Hall–Kier alpha value is -1.08. The number of nitrogens with two attached hydrogens (primary N) is 1. The number of unbranched alkanes of at least 4 members (excludes halogenated alkanes) is 2. The van der Waals surface area contributed by atoms with Crippen molar-refractivity contribution in [1.29, 1.82) is 0 Å². The molecule has 0 saturated carbocycles. The van der Waals surface area contributed by atoms with E-state index in [9.17, 15) is 21.6 Å². The van der Waals surface area contributed by atoms with E-state index >= 15 is 0 Å². The first-order valence-electron chi connectivity index (χ1n) is 6.79. The highest BCUT2D eigenvalue weighted by molar-refractivity contribution is 7.91. The van der Waals surface area contributed by atoms with Gasteiger partial charge in [-0.15, -0.1) is 0 Å². The molecule has 0 aliphatic heterocycles. The Morgan fingerprint density at radius 2 is 1.90 bits per heavy atom. The number of rotatable bonds is 7. The minimum Gasteiger partial charge on any atom is -0.323 e. The second kappa shape index (κ2) is 7.26. The molecule has 0 fully saturated rings. The summed E-state index contributed by atoms with van der Waals surface area (Å²) in [5.74, 6) is -0.314. The predicted molar refractivity (Wildman–Crippen MR) is 76.6 cm³/mol. The molecule has 0 saturated heterocycles. The van der Waals surface area contributed by atoms with Crippen LogP contribution in [0.4, 0.5) is 13.2 Å². The number of alkyl halides is 3. The van der Waals surface area contributed by atoms with Gasteiger partial charge in [0.2, 0.25) is 0 Å². The molecule has 1 rings (SSSR count). The summed E-state index contributed by atoms with van der Waals surface area (Å²) in [4.78, 5) is 0. The molecule has 7 heteroatoms. The number of halogens is 3. The summed E-state index contributed by atoms with van der Waals surface area (Å²) in [5, 5.41) is 0. The van der Waals surface area contributed by atoms with Gasteiger partial charge in [-0.3, -0.25) is 0 Å². The molecule has 1 unspecified atom stereocenters. The maximum atomic E-state index is 12.6. The molecular weight excluding hydrogens is 303 g/mol. The van der Waals surface area contributed by atoms with Crippen molar-refractivity contribution in [2.75, 3.05) is 11.5 Å². The Kier molecular flexibility index (Phi) is 6.22. The first-order chi connectivity index (χ1) is 9.65. The number of benzene rings is 1. The van der Waals surface area contributed by atoms with Gasteiger partial charge in [-0.1, -0.05) is 31.9 Å². The summed E-state index contributed by atoms with van der Waals surface area (Å²) in [6, 6.07) is 3.56. The molecule has 1 aromatic rings. The minimum atomic E-state index is -4.46. The van der Waals surface area contributed by atoms with E-state index in [1.54, 1.807) is 0 Å². The summed E-state index contributed by atoms with van der Waals surface area (Å²) >= 11 is 0. The summed E-state index contributed by atoms with van der Waals surface area (Å²) in [5.41, 5.74) is 5.11. The quantitative estimate of drug-likeness (QED) is 0.783. The first kappa shape index (κ1) is 18.0. The van der Waals surface area contributed by atoms with Crippen molar-refractivity contribution in [2.45, 2.75) is 38.4 Å². The Labute approximate surface area is 123 Å². The second-order valence-corrected chi connectivity index (χ2v) is 7.28. The van der Waals surface area contributed by atoms with Crippen LogP contribution in [0.2, 0.25) is 0 Å². The van der Waals surface area contributed by atoms with Crippen LogP contribution < -0.4 is 5.73 Å². The molecule has 0 radical (unpaired) electrons. The monoisotopic (exact) mass is 323 g/mol. The molecule has 0 aromatic heterocycles. The van der Waals surface area contributed by atoms with E-state index in [-0.39, 0.29) is 17.1 Å². The van der Waals surface area contributed by atoms with Gasteiger partial charge < -0.3 is 5.73 Å².